The van der Waals surface area contributed by atoms with Crippen LogP contribution in [0.4, 0.5) is 4.39 Å². The summed E-state index contributed by atoms with van der Waals surface area (Å²) in [5.74, 6) is -0.913. The first-order chi connectivity index (χ1) is 9.58. The third-order valence-electron chi connectivity index (χ3n) is 3.94. The van der Waals surface area contributed by atoms with Gasteiger partial charge >= 0.3 is 0 Å². The number of hydrogen-bond acceptors (Lipinski definition) is 4. The van der Waals surface area contributed by atoms with E-state index in [9.17, 15) is 9.50 Å². The Labute approximate surface area is 117 Å². The lowest BCUT2D eigenvalue weighted by Crippen LogP contribution is -2.47. The molecule has 1 saturated heterocycles. The molecule has 1 saturated carbocycles. The summed E-state index contributed by atoms with van der Waals surface area (Å²) < 4.78 is 30.7. The molecular weight excluding hydrogens is 263 g/mol. The molecule has 1 aromatic rings. The van der Waals surface area contributed by atoms with E-state index in [-0.39, 0.29) is 5.75 Å². The fourth-order valence-electron chi connectivity index (χ4n) is 2.84. The van der Waals surface area contributed by atoms with Crippen LogP contribution in [0, 0.1) is 12.7 Å². The molecule has 110 valence electrons. The van der Waals surface area contributed by atoms with Crippen LogP contribution in [0.25, 0.3) is 0 Å². The molecule has 1 heterocycles. The van der Waals surface area contributed by atoms with E-state index in [2.05, 4.69) is 0 Å². The second-order valence-corrected chi connectivity index (χ2v) is 5.51. The minimum Gasteiger partial charge on any atom is -0.484 e. The SMILES string of the molecule is Cc1ccc(F)c(OC2CC3(CCC2O)OCCO3)c1. The molecule has 0 bridgehead atoms. The second kappa shape index (κ2) is 5.31. The van der Waals surface area contributed by atoms with Crippen molar-refractivity contribution in [2.24, 2.45) is 0 Å². The molecule has 1 aromatic carbocycles. The van der Waals surface area contributed by atoms with Gasteiger partial charge in [-0.3, -0.25) is 0 Å². The Morgan fingerprint density at radius 2 is 2.10 bits per heavy atom. The maximum atomic E-state index is 13.8. The fraction of sp³-hybridized carbons (Fsp3) is 0.600. The van der Waals surface area contributed by atoms with Crippen molar-refractivity contribution < 1.29 is 23.7 Å². The summed E-state index contributed by atoms with van der Waals surface area (Å²) in [5, 5.41) is 10.1. The molecule has 1 N–H and O–H groups in total. The zero-order chi connectivity index (χ0) is 14.2. The van der Waals surface area contributed by atoms with Gasteiger partial charge in [0, 0.05) is 12.8 Å². The van der Waals surface area contributed by atoms with Crippen molar-refractivity contribution in [3.8, 4) is 5.75 Å². The van der Waals surface area contributed by atoms with E-state index in [4.69, 9.17) is 14.2 Å². The first-order valence-corrected chi connectivity index (χ1v) is 6.97. The molecular formula is C15H19FO4. The van der Waals surface area contributed by atoms with Crippen molar-refractivity contribution in [2.75, 3.05) is 13.2 Å². The van der Waals surface area contributed by atoms with E-state index in [0.29, 0.717) is 32.5 Å². The number of rotatable bonds is 2. The number of halogens is 1. The third-order valence-corrected chi connectivity index (χ3v) is 3.94. The molecule has 0 aromatic heterocycles. The number of aliphatic hydroxyl groups excluding tert-OH is 1. The molecule has 1 spiro atoms. The van der Waals surface area contributed by atoms with Crippen LogP contribution in [-0.4, -0.2) is 36.3 Å². The summed E-state index contributed by atoms with van der Waals surface area (Å²) in [5.41, 5.74) is 0.912. The van der Waals surface area contributed by atoms with Crippen molar-refractivity contribution in [1.29, 1.82) is 0 Å². The monoisotopic (exact) mass is 282 g/mol. The minimum absolute atomic E-state index is 0.170. The van der Waals surface area contributed by atoms with Gasteiger partial charge in [-0.1, -0.05) is 6.07 Å². The van der Waals surface area contributed by atoms with Gasteiger partial charge in [0.25, 0.3) is 0 Å². The highest BCUT2D eigenvalue weighted by Gasteiger charge is 2.46. The van der Waals surface area contributed by atoms with Crippen LogP contribution < -0.4 is 4.74 Å². The van der Waals surface area contributed by atoms with Crippen molar-refractivity contribution >= 4 is 0 Å². The number of ether oxygens (including phenoxy) is 3. The lowest BCUT2D eigenvalue weighted by atomic mass is 9.89. The molecule has 3 rings (SSSR count). The van der Waals surface area contributed by atoms with Crippen LogP contribution in [0.3, 0.4) is 0 Å². The lowest BCUT2D eigenvalue weighted by molar-refractivity contribution is -0.209. The van der Waals surface area contributed by atoms with E-state index in [1.54, 1.807) is 12.1 Å². The van der Waals surface area contributed by atoms with Gasteiger partial charge in [0.1, 0.15) is 6.10 Å². The van der Waals surface area contributed by atoms with Gasteiger partial charge < -0.3 is 19.3 Å². The summed E-state index contributed by atoms with van der Waals surface area (Å²) in [7, 11) is 0. The van der Waals surface area contributed by atoms with Gasteiger partial charge in [-0.25, -0.2) is 4.39 Å². The van der Waals surface area contributed by atoms with Crippen molar-refractivity contribution in [1.82, 2.24) is 0 Å². The molecule has 1 aliphatic heterocycles. The quantitative estimate of drug-likeness (QED) is 0.903. The molecule has 2 fully saturated rings. The maximum absolute atomic E-state index is 13.8. The Hall–Kier alpha value is -1.17. The van der Waals surface area contributed by atoms with E-state index in [1.807, 2.05) is 6.92 Å². The van der Waals surface area contributed by atoms with Crippen molar-refractivity contribution in [3.05, 3.63) is 29.6 Å². The van der Waals surface area contributed by atoms with E-state index >= 15 is 0 Å². The molecule has 20 heavy (non-hydrogen) atoms. The summed E-state index contributed by atoms with van der Waals surface area (Å²) in [4.78, 5) is 0. The zero-order valence-corrected chi connectivity index (χ0v) is 11.5. The molecule has 0 amide bonds. The van der Waals surface area contributed by atoms with Gasteiger partial charge in [0.15, 0.2) is 17.4 Å². The minimum atomic E-state index is -0.663. The Kier molecular flexibility index (Phi) is 3.67. The Balaban J connectivity index is 1.76. The maximum Gasteiger partial charge on any atom is 0.172 e. The topological polar surface area (TPSA) is 47.9 Å². The number of hydrogen-bond donors (Lipinski definition) is 1. The smallest absolute Gasteiger partial charge is 0.172 e. The Bertz CT molecular complexity index is 485. The molecule has 2 unspecified atom stereocenters. The standard InChI is InChI=1S/C15H19FO4/c1-10-2-3-11(16)13(8-10)20-14-9-15(5-4-12(14)17)18-6-7-19-15/h2-3,8,12,14,17H,4-7,9H2,1H3. The molecule has 2 atom stereocenters. The summed E-state index contributed by atoms with van der Waals surface area (Å²) in [6, 6.07) is 4.70. The first-order valence-electron chi connectivity index (χ1n) is 6.97. The van der Waals surface area contributed by atoms with E-state index in [1.165, 1.54) is 6.07 Å². The molecule has 1 aliphatic carbocycles. The number of aryl methyl sites for hydroxylation is 1. The highest BCUT2D eigenvalue weighted by Crippen LogP contribution is 2.37. The van der Waals surface area contributed by atoms with Crippen LogP contribution in [0.1, 0.15) is 24.8 Å². The average Bonchev–Trinajstić information content (AvgIpc) is 2.87. The molecule has 0 radical (unpaired) electrons. The lowest BCUT2D eigenvalue weighted by Gasteiger charge is -2.38. The highest BCUT2D eigenvalue weighted by atomic mass is 19.1. The Morgan fingerprint density at radius 3 is 2.85 bits per heavy atom. The second-order valence-electron chi connectivity index (χ2n) is 5.51. The van der Waals surface area contributed by atoms with Gasteiger partial charge in [0.05, 0.1) is 19.3 Å². The van der Waals surface area contributed by atoms with Gasteiger partial charge in [-0.15, -0.1) is 0 Å². The predicted octanol–water partition coefficient (Wildman–Crippen LogP) is 2.17. The predicted molar refractivity (Wildman–Crippen MR) is 70.0 cm³/mol. The fourth-order valence-corrected chi connectivity index (χ4v) is 2.84. The number of benzene rings is 1. The van der Waals surface area contributed by atoms with Crippen LogP contribution in [-0.2, 0) is 9.47 Å². The molecule has 5 heteroatoms. The average molecular weight is 282 g/mol. The summed E-state index contributed by atoms with van der Waals surface area (Å²) in [6.07, 6.45) is 0.441. The van der Waals surface area contributed by atoms with Gasteiger partial charge in [-0.2, -0.15) is 0 Å². The van der Waals surface area contributed by atoms with Crippen molar-refractivity contribution in [3.63, 3.8) is 0 Å². The summed E-state index contributed by atoms with van der Waals surface area (Å²) in [6.45, 7) is 2.98. The number of aliphatic hydroxyl groups is 1. The largest absolute Gasteiger partial charge is 0.484 e. The van der Waals surface area contributed by atoms with Gasteiger partial charge in [0.2, 0.25) is 0 Å². The van der Waals surface area contributed by atoms with Crippen molar-refractivity contribution in [2.45, 2.75) is 44.2 Å². The van der Waals surface area contributed by atoms with Crippen LogP contribution in [0.5, 0.6) is 5.75 Å². The normalized spacial score (nSPS) is 28.8. The van der Waals surface area contributed by atoms with Crippen LogP contribution >= 0.6 is 0 Å². The van der Waals surface area contributed by atoms with Gasteiger partial charge in [-0.05, 0) is 31.0 Å². The zero-order valence-electron chi connectivity index (χ0n) is 11.5. The summed E-state index contributed by atoms with van der Waals surface area (Å²) >= 11 is 0. The molecule has 4 nitrogen and oxygen atoms in total. The van der Waals surface area contributed by atoms with E-state index < -0.39 is 23.8 Å². The molecule has 2 aliphatic rings. The first kappa shape index (κ1) is 13.8. The van der Waals surface area contributed by atoms with Crippen LogP contribution in [0.2, 0.25) is 0 Å². The van der Waals surface area contributed by atoms with Crippen LogP contribution in [0.15, 0.2) is 18.2 Å². The van der Waals surface area contributed by atoms with E-state index in [0.717, 1.165) is 5.56 Å². The third kappa shape index (κ3) is 2.66. The Morgan fingerprint density at radius 1 is 1.35 bits per heavy atom. The highest BCUT2D eigenvalue weighted by molar-refractivity contribution is 5.29.